The molecule has 2 fully saturated rings. The van der Waals surface area contributed by atoms with Gasteiger partial charge in [0.25, 0.3) is 0 Å². The first-order valence-corrected chi connectivity index (χ1v) is 9.91. The minimum atomic E-state index is 0.114. The molecule has 1 saturated carbocycles. The monoisotopic (exact) mass is 364 g/mol. The molecule has 1 aromatic heterocycles. The summed E-state index contributed by atoms with van der Waals surface area (Å²) in [4.78, 5) is 19.4. The molecule has 2 atom stereocenters. The van der Waals surface area contributed by atoms with Crippen LogP contribution < -0.4 is 10.6 Å². The SMILES string of the molecule is Cc1ccc(C(NC(=O)CN2CCNCC2c2cccnc2)C2CC2)cc1. The summed E-state index contributed by atoms with van der Waals surface area (Å²) in [5.74, 6) is 0.692. The molecule has 0 bridgehead atoms. The topological polar surface area (TPSA) is 57.3 Å². The zero-order chi connectivity index (χ0) is 18.6. The molecular weight excluding hydrogens is 336 g/mol. The van der Waals surface area contributed by atoms with Crippen molar-refractivity contribution in [1.29, 1.82) is 0 Å². The summed E-state index contributed by atoms with van der Waals surface area (Å²) in [6, 6.07) is 13.0. The predicted molar refractivity (Wildman–Crippen MR) is 106 cm³/mol. The third-order valence-corrected chi connectivity index (χ3v) is 5.62. The highest BCUT2D eigenvalue weighted by Crippen LogP contribution is 2.41. The predicted octanol–water partition coefficient (Wildman–Crippen LogP) is 2.60. The smallest absolute Gasteiger partial charge is 0.234 e. The van der Waals surface area contributed by atoms with E-state index in [4.69, 9.17) is 0 Å². The van der Waals surface area contributed by atoms with E-state index in [0.717, 1.165) is 25.2 Å². The number of piperazine rings is 1. The molecule has 1 saturated heterocycles. The van der Waals surface area contributed by atoms with E-state index in [2.05, 4.69) is 57.8 Å². The standard InChI is InChI=1S/C22H28N4O/c1-16-4-6-17(7-5-16)22(18-8-9-18)25-21(27)15-26-12-11-24-14-20(26)19-3-2-10-23-13-19/h2-7,10,13,18,20,22,24H,8-9,11-12,14-15H2,1H3,(H,25,27). The lowest BCUT2D eigenvalue weighted by atomic mass is 10.0. The number of rotatable bonds is 6. The van der Waals surface area contributed by atoms with E-state index < -0.39 is 0 Å². The first kappa shape index (κ1) is 18.1. The first-order chi connectivity index (χ1) is 13.2. The van der Waals surface area contributed by atoms with Crippen LogP contribution in [0.15, 0.2) is 48.8 Å². The van der Waals surface area contributed by atoms with Gasteiger partial charge in [-0.25, -0.2) is 0 Å². The van der Waals surface area contributed by atoms with Gasteiger partial charge in [-0.1, -0.05) is 35.9 Å². The highest BCUT2D eigenvalue weighted by molar-refractivity contribution is 5.78. The second kappa shape index (κ2) is 8.19. The summed E-state index contributed by atoms with van der Waals surface area (Å²) in [6.45, 7) is 5.15. The van der Waals surface area contributed by atoms with Gasteiger partial charge in [0.15, 0.2) is 0 Å². The van der Waals surface area contributed by atoms with Crippen molar-refractivity contribution in [2.75, 3.05) is 26.2 Å². The maximum Gasteiger partial charge on any atom is 0.234 e. The number of aryl methyl sites for hydroxylation is 1. The normalized spacial score (nSPS) is 21.6. The zero-order valence-corrected chi connectivity index (χ0v) is 15.9. The minimum absolute atomic E-state index is 0.114. The molecule has 1 aliphatic heterocycles. The summed E-state index contributed by atoms with van der Waals surface area (Å²) < 4.78 is 0. The first-order valence-electron chi connectivity index (χ1n) is 9.91. The fraction of sp³-hybridized carbons (Fsp3) is 0.455. The average molecular weight is 364 g/mol. The van der Waals surface area contributed by atoms with Crippen LogP contribution in [-0.4, -0.2) is 42.0 Å². The van der Waals surface area contributed by atoms with Crippen molar-refractivity contribution in [1.82, 2.24) is 20.5 Å². The molecule has 2 aliphatic rings. The highest BCUT2D eigenvalue weighted by atomic mass is 16.2. The van der Waals surface area contributed by atoms with Gasteiger partial charge in [0.05, 0.1) is 12.6 Å². The van der Waals surface area contributed by atoms with Crippen molar-refractivity contribution in [3.05, 3.63) is 65.5 Å². The molecular formula is C22H28N4O. The number of pyridine rings is 1. The van der Waals surface area contributed by atoms with Crippen molar-refractivity contribution < 1.29 is 4.79 Å². The van der Waals surface area contributed by atoms with Crippen LogP contribution in [0, 0.1) is 12.8 Å². The highest BCUT2D eigenvalue weighted by Gasteiger charge is 2.34. The second-order valence-corrected chi connectivity index (χ2v) is 7.77. The van der Waals surface area contributed by atoms with Gasteiger partial charge in [0.2, 0.25) is 5.91 Å². The largest absolute Gasteiger partial charge is 0.348 e. The van der Waals surface area contributed by atoms with Crippen LogP contribution in [0.2, 0.25) is 0 Å². The third-order valence-electron chi connectivity index (χ3n) is 5.62. The van der Waals surface area contributed by atoms with Crippen LogP contribution in [0.4, 0.5) is 0 Å². The molecule has 1 amide bonds. The summed E-state index contributed by atoms with van der Waals surface area (Å²) in [5, 5.41) is 6.75. The summed E-state index contributed by atoms with van der Waals surface area (Å²) in [6.07, 6.45) is 6.09. The Hall–Kier alpha value is -2.24. The van der Waals surface area contributed by atoms with Crippen molar-refractivity contribution in [2.24, 2.45) is 5.92 Å². The quantitative estimate of drug-likeness (QED) is 0.827. The van der Waals surface area contributed by atoms with E-state index >= 15 is 0 Å². The van der Waals surface area contributed by atoms with Crippen molar-refractivity contribution in [2.45, 2.75) is 31.8 Å². The summed E-state index contributed by atoms with van der Waals surface area (Å²) >= 11 is 0. The fourth-order valence-electron chi connectivity index (χ4n) is 3.92. The Labute approximate surface area is 161 Å². The van der Waals surface area contributed by atoms with Gasteiger partial charge in [0, 0.05) is 38.1 Å². The van der Waals surface area contributed by atoms with Gasteiger partial charge in [0.1, 0.15) is 0 Å². The van der Waals surface area contributed by atoms with E-state index in [1.807, 2.05) is 12.3 Å². The van der Waals surface area contributed by atoms with Crippen LogP contribution in [0.25, 0.3) is 0 Å². The van der Waals surface area contributed by atoms with Gasteiger partial charge in [-0.3, -0.25) is 14.7 Å². The number of hydrogen-bond donors (Lipinski definition) is 2. The fourth-order valence-corrected chi connectivity index (χ4v) is 3.92. The van der Waals surface area contributed by atoms with Gasteiger partial charge in [-0.05, 0) is 42.9 Å². The van der Waals surface area contributed by atoms with Crippen LogP contribution in [0.1, 0.15) is 41.6 Å². The van der Waals surface area contributed by atoms with Crippen molar-refractivity contribution in [3.63, 3.8) is 0 Å². The van der Waals surface area contributed by atoms with Gasteiger partial charge < -0.3 is 10.6 Å². The third kappa shape index (κ3) is 4.54. The van der Waals surface area contributed by atoms with E-state index in [0.29, 0.717) is 12.5 Å². The minimum Gasteiger partial charge on any atom is -0.348 e. The Morgan fingerprint density at radius 1 is 1.30 bits per heavy atom. The molecule has 5 nitrogen and oxygen atoms in total. The molecule has 2 N–H and O–H groups in total. The average Bonchev–Trinajstić information content (AvgIpc) is 3.53. The van der Waals surface area contributed by atoms with Crippen LogP contribution in [0.3, 0.4) is 0 Å². The van der Waals surface area contributed by atoms with Gasteiger partial charge in [-0.2, -0.15) is 0 Å². The van der Waals surface area contributed by atoms with Crippen LogP contribution in [-0.2, 0) is 4.79 Å². The van der Waals surface area contributed by atoms with E-state index in [9.17, 15) is 4.79 Å². The lowest BCUT2D eigenvalue weighted by Gasteiger charge is -2.36. The number of benzene rings is 1. The molecule has 0 radical (unpaired) electrons. The van der Waals surface area contributed by atoms with Crippen molar-refractivity contribution >= 4 is 5.91 Å². The zero-order valence-electron chi connectivity index (χ0n) is 15.9. The maximum absolute atomic E-state index is 12.9. The number of aromatic nitrogens is 1. The lowest BCUT2D eigenvalue weighted by Crippen LogP contribution is -2.50. The molecule has 1 aliphatic carbocycles. The lowest BCUT2D eigenvalue weighted by molar-refractivity contribution is -0.124. The Bertz CT molecular complexity index is 758. The molecule has 142 valence electrons. The molecule has 2 heterocycles. The van der Waals surface area contributed by atoms with E-state index in [-0.39, 0.29) is 18.0 Å². The number of carbonyl (C=O) groups excluding carboxylic acids is 1. The Kier molecular flexibility index (Phi) is 5.50. The van der Waals surface area contributed by atoms with Crippen molar-refractivity contribution in [3.8, 4) is 0 Å². The Morgan fingerprint density at radius 3 is 2.81 bits per heavy atom. The summed E-state index contributed by atoms with van der Waals surface area (Å²) in [7, 11) is 0. The van der Waals surface area contributed by atoms with Crippen LogP contribution >= 0.6 is 0 Å². The molecule has 5 heteroatoms. The molecule has 0 spiro atoms. The molecule has 1 aromatic carbocycles. The Morgan fingerprint density at radius 2 is 2.11 bits per heavy atom. The molecule has 2 unspecified atom stereocenters. The maximum atomic E-state index is 12.9. The van der Waals surface area contributed by atoms with E-state index in [1.165, 1.54) is 24.0 Å². The van der Waals surface area contributed by atoms with E-state index in [1.54, 1.807) is 6.20 Å². The number of hydrogen-bond acceptors (Lipinski definition) is 4. The number of nitrogens with one attached hydrogen (secondary N) is 2. The van der Waals surface area contributed by atoms with Crippen LogP contribution in [0.5, 0.6) is 0 Å². The second-order valence-electron chi connectivity index (χ2n) is 7.77. The number of nitrogens with zero attached hydrogens (tertiary/aromatic N) is 2. The number of amides is 1. The van der Waals surface area contributed by atoms with Gasteiger partial charge >= 0.3 is 0 Å². The molecule has 4 rings (SSSR count). The molecule has 27 heavy (non-hydrogen) atoms. The number of carbonyl (C=O) groups is 1. The van der Waals surface area contributed by atoms with Gasteiger partial charge in [-0.15, -0.1) is 0 Å². The summed E-state index contributed by atoms with van der Waals surface area (Å²) in [5.41, 5.74) is 3.63. The molecule has 2 aromatic rings. The Balaban J connectivity index is 1.43.